The molecule has 0 aromatic heterocycles. The van der Waals surface area contributed by atoms with Crippen molar-refractivity contribution in [2.45, 2.75) is 38.2 Å². The minimum atomic E-state index is -3.53. The number of ether oxygens (including phenoxy) is 2. The predicted octanol–water partition coefficient (Wildman–Crippen LogP) is 3.52. The van der Waals surface area contributed by atoms with Gasteiger partial charge in [0, 0.05) is 24.8 Å². The van der Waals surface area contributed by atoms with E-state index >= 15 is 0 Å². The summed E-state index contributed by atoms with van der Waals surface area (Å²) in [5, 5.41) is 2.77. The number of hydrogen-bond acceptors (Lipinski definition) is 5. The molecule has 0 aliphatic heterocycles. The van der Waals surface area contributed by atoms with E-state index in [1.165, 1.54) is 16.4 Å². The highest BCUT2D eigenvalue weighted by Crippen LogP contribution is 2.22. The number of rotatable bonds is 10. The minimum absolute atomic E-state index is 0.193. The van der Waals surface area contributed by atoms with Gasteiger partial charge in [-0.2, -0.15) is 4.31 Å². The van der Waals surface area contributed by atoms with Crippen molar-refractivity contribution in [3.63, 3.8) is 0 Å². The number of hydrogen-bond donors (Lipinski definition) is 1. The van der Waals surface area contributed by atoms with Crippen LogP contribution in [0.25, 0.3) is 0 Å². The van der Waals surface area contributed by atoms with E-state index in [1.807, 2.05) is 6.92 Å². The Morgan fingerprint density at radius 1 is 1.03 bits per heavy atom. The lowest BCUT2D eigenvalue weighted by molar-refractivity contribution is -0.122. The Labute approximate surface area is 172 Å². The first-order valence-corrected chi connectivity index (χ1v) is 11.0. The summed E-state index contributed by atoms with van der Waals surface area (Å²) in [6.45, 7) is 6.24. The highest BCUT2D eigenvalue weighted by atomic mass is 32.2. The molecule has 0 radical (unpaired) electrons. The van der Waals surface area contributed by atoms with Crippen LogP contribution in [0.2, 0.25) is 0 Å². The molecule has 2 rings (SSSR count). The largest absolute Gasteiger partial charge is 0.497 e. The normalized spacial score (nSPS) is 12.4. The molecule has 0 aliphatic carbocycles. The summed E-state index contributed by atoms with van der Waals surface area (Å²) in [5.41, 5.74) is 0.501. The molecule has 0 heterocycles. The van der Waals surface area contributed by atoms with Gasteiger partial charge < -0.3 is 14.8 Å². The zero-order valence-corrected chi connectivity index (χ0v) is 18.0. The lowest BCUT2D eigenvalue weighted by Gasteiger charge is -2.19. The molecule has 0 aliphatic rings. The van der Waals surface area contributed by atoms with Crippen LogP contribution in [0.15, 0.2) is 53.4 Å². The van der Waals surface area contributed by atoms with Crippen molar-refractivity contribution in [2.24, 2.45) is 0 Å². The van der Waals surface area contributed by atoms with Crippen LogP contribution in [0.1, 0.15) is 27.2 Å². The second-order valence-corrected chi connectivity index (χ2v) is 8.23. The van der Waals surface area contributed by atoms with Crippen LogP contribution in [0.5, 0.6) is 11.5 Å². The van der Waals surface area contributed by atoms with Crippen molar-refractivity contribution in [1.82, 2.24) is 4.31 Å². The van der Waals surface area contributed by atoms with Crippen LogP contribution in [-0.4, -0.2) is 44.9 Å². The fourth-order valence-corrected chi connectivity index (χ4v) is 4.26. The average molecular weight is 421 g/mol. The fraction of sp³-hybridized carbons (Fsp3) is 0.381. The van der Waals surface area contributed by atoms with Crippen LogP contribution in [-0.2, 0) is 14.8 Å². The van der Waals surface area contributed by atoms with E-state index in [0.29, 0.717) is 36.7 Å². The van der Waals surface area contributed by atoms with Gasteiger partial charge >= 0.3 is 0 Å². The van der Waals surface area contributed by atoms with Gasteiger partial charge in [0.15, 0.2) is 6.10 Å². The van der Waals surface area contributed by atoms with Gasteiger partial charge in [-0.25, -0.2) is 8.42 Å². The van der Waals surface area contributed by atoms with Gasteiger partial charge in [0.25, 0.3) is 5.91 Å². The fourth-order valence-electron chi connectivity index (χ4n) is 2.81. The van der Waals surface area contributed by atoms with Gasteiger partial charge in [-0.05, 0) is 42.8 Å². The summed E-state index contributed by atoms with van der Waals surface area (Å²) in [7, 11) is -1.97. The highest BCUT2D eigenvalue weighted by molar-refractivity contribution is 7.89. The third kappa shape index (κ3) is 5.71. The Morgan fingerprint density at radius 3 is 2.21 bits per heavy atom. The summed E-state index contributed by atoms with van der Waals surface area (Å²) >= 11 is 0. The van der Waals surface area contributed by atoms with Gasteiger partial charge in [0.05, 0.1) is 12.0 Å². The zero-order valence-electron chi connectivity index (χ0n) is 17.2. The van der Waals surface area contributed by atoms with Gasteiger partial charge in [0.1, 0.15) is 11.5 Å². The number of amides is 1. The molecular formula is C21H28N2O5S. The lowest BCUT2D eigenvalue weighted by atomic mass is 10.2. The molecule has 2 aromatic carbocycles. The van der Waals surface area contributed by atoms with E-state index in [9.17, 15) is 13.2 Å². The summed E-state index contributed by atoms with van der Waals surface area (Å²) < 4.78 is 37.4. The molecule has 2 aromatic rings. The number of carbonyl (C=O) groups is 1. The molecule has 1 N–H and O–H groups in total. The molecule has 0 saturated heterocycles. The van der Waals surface area contributed by atoms with Gasteiger partial charge in [-0.1, -0.05) is 26.8 Å². The van der Waals surface area contributed by atoms with Crippen LogP contribution < -0.4 is 14.8 Å². The van der Waals surface area contributed by atoms with Crippen molar-refractivity contribution in [2.75, 3.05) is 25.5 Å². The van der Waals surface area contributed by atoms with Gasteiger partial charge in [-0.15, -0.1) is 0 Å². The molecule has 158 valence electrons. The van der Waals surface area contributed by atoms with Crippen LogP contribution in [0.3, 0.4) is 0 Å². The Bertz CT molecular complexity index is 909. The molecular weight excluding hydrogens is 392 g/mol. The van der Waals surface area contributed by atoms with Crippen molar-refractivity contribution < 1.29 is 22.7 Å². The molecule has 8 heteroatoms. The SMILES string of the molecule is CC[C@H](Oc1cccc(OC)c1)C(=O)Nc1ccc(S(=O)(=O)N(CC)CC)cc1. The molecule has 29 heavy (non-hydrogen) atoms. The van der Waals surface area contributed by atoms with E-state index < -0.39 is 16.1 Å². The molecule has 0 unspecified atom stereocenters. The zero-order chi connectivity index (χ0) is 21.4. The smallest absolute Gasteiger partial charge is 0.265 e. The maximum atomic E-state index is 12.6. The van der Waals surface area contributed by atoms with E-state index in [1.54, 1.807) is 57.4 Å². The minimum Gasteiger partial charge on any atom is -0.497 e. The second-order valence-electron chi connectivity index (χ2n) is 6.30. The highest BCUT2D eigenvalue weighted by Gasteiger charge is 2.22. The molecule has 0 spiro atoms. The lowest BCUT2D eigenvalue weighted by Crippen LogP contribution is -2.32. The van der Waals surface area contributed by atoms with Crippen molar-refractivity contribution in [1.29, 1.82) is 0 Å². The Hall–Kier alpha value is -2.58. The maximum Gasteiger partial charge on any atom is 0.265 e. The topological polar surface area (TPSA) is 84.9 Å². The summed E-state index contributed by atoms with van der Waals surface area (Å²) in [6, 6.07) is 13.2. The summed E-state index contributed by atoms with van der Waals surface area (Å²) in [5.74, 6) is 0.865. The molecule has 0 fully saturated rings. The van der Waals surface area contributed by atoms with E-state index in [-0.39, 0.29) is 10.8 Å². The molecule has 1 amide bonds. The Morgan fingerprint density at radius 2 is 1.66 bits per heavy atom. The van der Waals surface area contributed by atoms with Crippen LogP contribution in [0, 0.1) is 0 Å². The molecule has 1 atom stereocenters. The predicted molar refractivity (Wildman–Crippen MR) is 113 cm³/mol. The first-order valence-electron chi connectivity index (χ1n) is 9.57. The van der Waals surface area contributed by atoms with Gasteiger partial charge in [-0.3, -0.25) is 4.79 Å². The first-order chi connectivity index (χ1) is 13.8. The third-order valence-corrected chi connectivity index (χ3v) is 6.51. The monoisotopic (exact) mass is 420 g/mol. The third-order valence-electron chi connectivity index (χ3n) is 4.45. The molecule has 0 saturated carbocycles. The first kappa shape index (κ1) is 22.7. The quantitative estimate of drug-likeness (QED) is 0.636. The standard InChI is InChI=1S/C21H28N2O5S/c1-5-20(28-18-10-8-9-17(15-18)27-4)21(24)22-16-11-13-19(14-12-16)29(25,26)23(6-2)7-3/h8-15,20H,5-7H2,1-4H3,(H,22,24)/t20-/m0/s1. The number of benzene rings is 2. The van der Waals surface area contributed by atoms with E-state index in [4.69, 9.17) is 9.47 Å². The van der Waals surface area contributed by atoms with Crippen LogP contribution in [0.4, 0.5) is 5.69 Å². The Kier molecular flexibility index (Phi) is 8.04. The van der Waals surface area contributed by atoms with Crippen molar-refractivity contribution in [3.8, 4) is 11.5 Å². The summed E-state index contributed by atoms with van der Waals surface area (Å²) in [6.07, 6.45) is -0.224. The van der Waals surface area contributed by atoms with E-state index in [0.717, 1.165) is 0 Å². The number of nitrogens with one attached hydrogen (secondary N) is 1. The maximum absolute atomic E-state index is 12.6. The number of methoxy groups -OCH3 is 1. The number of carbonyl (C=O) groups excluding carboxylic acids is 1. The Balaban J connectivity index is 2.08. The molecule has 7 nitrogen and oxygen atoms in total. The van der Waals surface area contributed by atoms with Crippen LogP contribution >= 0.6 is 0 Å². The second kappa shape index (κ2) is 10.3. The number of sulfonamides is 1. The van der Waals surface area contributed by atoms with Gasteiger partial charge in [0.2, 0.25) is 10.0 Å². The van der Waals surface area contributed by atoms with E-state index in [2.05, 4.69) is 5.32 Å². The van der Waals surface area contributed by atoms with Crippen molar-refractivity contribution in [3.05, 3.63) is 48.5 Å². The summed E-state index contributed by atoms with van der Waals surface area (Å²) in [4.78, 5) is 12.8. The van der Waals surface area contributed by atoms with Crippen molar-refractivity contribution >= 4 is 21.6 Å². The number of anilines is 1. The molecule has 0 bridgehead atoms. The average Bonchev–Trinajstić information content (AvgIpc) is 2.73. The number of nitrogens with zero attached hydrogens (tertiary/aromatic N) is 1.